The summed E-state index contributed by atoms with van der Waals surface area (Å²) in [6.07, 6.45) is 10.0. The maximum absolute atomic E-state index is 6.10. The zero-order valence-corrected chi connectivity index (χ0v) is 25.1. The summed E-state index contributed by atoms with van der Waals surface area (Å²) in [5.41, 5.74) is 10.5. The highest BCUT2D eigenvalue weighted by Crippen LogP contribution is 2.54. The average Bonchev–Trinajstić information content (AvgIpc) is 3.85. The first-order valence-corrected chi connectivity index (χ1v) is 16.2. The van der Waals surface area contributed by atoms with Crippen LogP contribution in [0.3, 0.4) is 0 Å². The minimum Gasteiger partial charge on any atom is -0.454 e. The molecule has 4 aromatic carbocycles. The molecule has 216 valence electrons. The number of dihydropyridines is 1. The normalized spacial score (nSPS) is 17.3. The van der Waals surface area contributed by atoms with Crippen molar-refractivity contribution in [1.29, 1.82) is 0 Å². The van der Waals surface area contributed by atoms with Gasteiger partial charge in [-0.3, -0.25) is 15.0 Å². The molecule has 0 bridgehead atoms. The lowest BCUT2D eigenvalue weighted by molar-refractivity contribution is 0.668. The Morgan fingerprint density at radius 1 is 0.674 bits per heavy atom. The molecule has 0 aliphatic carbocycles. The molecular weight excluding hydrogens is 587 g/mol. The van der Waals surface area contributed by atoms with E-state index in [1.54, 1.807) is 0 Å². The minimum absolute atomic E-state index is 0.0389. The molecule has 11 rings (SSSR count). The van der Waals surface area contributed by atoms with Crippen molar-refractivity contribution in [3.8, 4) is 5.69 Å². The van der Waals surface area contributed by atoms with Crippen LogP contribution in [0.5, 0.6) is 0 Å². The molecule has 2 aliphatic rings. The van der Waals surface area contributed by atoms with Gasteiger partial charge in [0.25, 0.3) is 0 Å². The quantitative estimate of drug-likeness (QED) is 0.196. The predicted octanol–water partition coefficient (Wildman–Crippen LogP) is 10.0. The van der Waals surface area contributed by atoms with Gasteiger partial charge in [-0.2, -0.15) is 0 Å². The summed E-state index contributed by atoms with van der Waals surface area (Å²) in [4.78, 5) is 17.1. The smallest absolute Gasteiger partial charge is 0.153 e. The van der Waals surface area contributed by atoms with E-state index in [1.807, 2.05) is 48.1 Å². The third kappa shape index (κ3) is 3.12. The third-order valence-corrected chi connectivity index (χ3v) is 10.9. The second kappa shape index (κ2) is 8.90. The summed E-state index contributed by atoms with van der Waals surface area (Å²) in [6.45, 7) is 0. The number of aromatic nitrogens is 3. The number of nitrogens with zero attached hydrogens (tertiary/aromatic N) is 5. The lowest BCUT2D eigenvalue weighted by Gasteiger charge is -2.28. The lowest BCUT2D eigenvalue weighted by atomic mass is 9.99. The largest absolute Gasteiger partial charge is 0.454 e. The zero-order chi connectivity index (χ0) is 29.9. The van der Waals surface area contributed by atoms with Crippen molar-refractivity contribution in [2.75, 3.05) is 4.90 Å². The molecule has 2 aliphatic heterocycles. The highest BCUT2D eigenvalue weighted by molar-refractivity contribution is 7.27. The second-order valence-electron chi connectivity index (χ2n) is 12.0. The average molecular weight is 610 g/mol. The second-order valence-corrected chi connectivity index (χ2v) is 13.0. The van der Waals surface area contributed by atoms with Crippen LogP contribution in [0.15, 0.2) is 131 Å². The lowest BCUT2D eigenvalue weighted by Crippen LogP contribution is -2.28. The molecule has 2 atom stereocenters. The van der Waals surface area contributed by atoms with Gasteiger partial charge in [0.2, 0.25) is 0 Å². The number of furan rings is 1. The number of rotatable bonds is 2. The van der Waals surface area contributed by atoms with E-state index in [-0.39, 0.29) is 12.1 Å². The van der Waals surface area contributed by atoms with Crippen molar-refractivity contribution < 1.29 is 4.42 Å². The first-order chi connectivity index (χ1) is 22.8. The Bertz CT molecular complexity index is 2790. The third-order valence-electron chi connectivity index (χ3n) is 9.63. The molecule has 9 aromatic rings. The molecule has 0 N–H and O–H groups in total. The first kappa shape index (κ1) is 24.5. The number of allylic oxidation sites excluding steroid dienone is 1. The van der Waals surface area contributed by atoms with Crippen LogP contribution in [0.25, 0.3) is 69.9 Å². The van der Waals surface area contributed by atoms with E-state index in [0.717, 1.165) is 44.3 Å². The van der Waals surface area contributed by atoms with Crippen molar-refractivity contribution in [2.24, 2.45) is 4.99 Å². The number of thiophene rings is 1. The van der Waals surface area contributed by atoms with Crippen molar-refractivity contribution in [3.63, 3.8) is 0 Å². The number of benzene rings is 4. The van der Waals surface area contributed by atoms with Gasteiger partial charge >= 0.3 is 0 Å². The van der Waals surface area contributed by atoms with Crippen LogP contribution >= 0.6 is 11.3 Å². The standard InChI is InChI=1S/C39H23N5OS/c1-2-7-22(8-3-1)43-27-15-13-24-25-14-16-28-34(39(25)46-38(24)33(27)36-29(43)9-4-18-41-36)37-30(10-5-19-42-37)44(28)23-12-17-31-26(21-23)35-32(45-31)11-6-20-40-35/h1-21,29,36H. The van der Waals surface area contributed by atoms with Crippen LogP contribution in [-0.4, -0.2) is 26.8 Å². The maximum atomic E-state index is 6.10. The van der Waals surface area contributed by atoms with Gasteiger partial charge in [0.05, 0.1) is 22.6 Å². The molecule has 0 saturated heterocycles. The van der Waals surface area contributed by atoms with Crippen molar-refractivity contribution in [1.82, 2.24) is 14.5 Å². The van der Waals surface area contributed by atoms with Gasteiger partial charge in [0, 0.05) is 72.2 Å². The van der Waals surface area contributed by atoms with Crippen molar-refractivity contribution >= 4 is 93.1 Å². The van der Waals surface area contributed by atoms with Crippen LogP contribution in [0, 0.1) is 0 Å². The molecule has 46 heavy (non-hydrogen) atoms. The molecule has 7 heteroatoms. The summed E-state index contributed by atoms with van der Waals surface area (Å²) in [7, 11) is 0. The van der Waals surface area contributed by atoms with E-state index in [9.17, 15) is 0 Å². The summed E-state index contributed by atoms with van der Waals surface area (Å²) in [5, 5.41) is 4.71. The number of para-hydroxylation sites is 1. The fourth-order valence-electron chi connectivity index (χ4n) is 7.75. The van der Waals surface area contributed by atoms with Gasteiger partial charge in [0.1, 0.15) is 17.1 Å². The SMILES string of the molecule is C1=CC2C(N=C1)c1c(ccc3c1sc1c3ccc3c1c1ncccc1n3-c1ccc3oc4cccnc4c3c1)N2c1ccccc1. The van der Waals surface area contributed by atoms with Crippen LogP contribution in [0.1, 0.15) is 11.6 Å². The number of hydrogen-bond acceptors (Lipinski definition) is 6. The molecular formula is C39H23N5OS. The Morgan fingerprint density at radius 2 is 1.52 bits per heavy atom. The fourth-order valence-corrected chi connectivity index (χ4v) is 9.17. The maximum Gasteiger partial charge on any atom is 0.153 e. The monoisotopic (exact) mass is 609 g/mol. The van der Waals surface area contributed by atoms with E-state index >= 15 is 0 Å². The van der Waals surface area contributed by atoms with Crippen molar-refractivity contribution in [2.45, 2.75) is 12.1 Å². The van der Waals surface area contributed by atoms with Gasteiger partial charge in [0.15, 0.2) is 5.58 Å². The molecule has 6 nitrogen and oxygen atoms in total. The van der Waals surface area contributed by atoms with E-state index in [0.29, 0.717) is 0 Å². The van der Waals surface area contributed by atoms with Crippen LogP contribution in [0.2, 0.25) is 0 Å². The number of fused-ring (bicyclic) bond motifs is 14. The Labute approximate surface area is 266 Å². The Kier molecular flexibility index (Phi) is 4.74. The summed E-state index contributed by atoms with van der Waals surface area (Å²) in [5.74, 6) is 0. The van der Waals surface area contributed by atoms with Crippen LogP contribution in [-0.2, 0) is 0 Å². The summed E-state index contributed by atoms with van der Waals surface area (Å²) in [6, 6.07) is 34.4. The highest BCUT2D eigenvalue weighted by Gasteiger charge is 2.40. The molecule has 5 aromatic heterocycles. The number of anilines is 2. The molecule has 7 heterocycles. The van der Waals surface area contributed by atoms with E-state index < -0.39 is 0 Å². The topological polar surface area (TPSA) is 59.5 Å². The summed E-state index contributed by atoms with van der Waals surface area (Å²) < 4.78 is 11.0. The Hall–Kier alpha value is -5.79. The number of aliphatic imine (C=N–C) groups is 1. The molecule has 0 radical (unpaired) electrons. The molecule has 2 unspecified atom stereocenters. The summed E-state index contributed by atoms with van der Waals surface area (Å²) >= 11 is 1.88. The fraction of sp³-hybridized carbons (Fsp3) is 0.0513. The number of hydrogen-bond donors (Lipinski definition) is 0. The van der Waals surface area contributed by atoms with E-state index in [4.69, 9.17) is 14.4 Å². The van der Waals surface area contributed by atoms with Gasteiger partial charge in [-0.15, -0.1) is 11.3 Å². The predicted molar refractivity (Wildman–Crippen MR) is 189 cm³/mol. The zero-order valence-electron chi connectivity index (χ0n) is 24.3. The van der Waals surface area contributed by atoms with Gasteiger partial charge in [-0.05, 0) is 72.8 Å². The molecule has 0 amide bonds. The molecule has 0 spiro atoms. The van der Waals surface area contributed by atoms with Gasteiger partial charge in [-0.25, -0.2) is 0 Å². The molecule has 0 fully saturated rings. The van der Waals surface area contributed by atoms with Crippen molar-refractivity contribution in [3.05, 3.63) is 127 Å². The van der Waals surface area contributed by atoms with Gasteiger partial charge in [-0.1, -0.05) is 36.4 Å². The van der Waals surface area contributed by atoms with E-state index in [1.165, 1.54) is 42.5 Å². The first-order valence-electron chi connectivity index (χ1n) is 15.4. The highest BCUT2D eigenvalue weighted by atomic mass is 32.1. The Balaban J connectivity index is 1.20. The minimum atomic E-state index is 0.0389. The van der Waals surface area contributed by atoms with Crippen LogP contribution < -0.4 is 4.90 Å². The molecule has 0 saturated carbocycles. The van der Waals surface area contributed by atoms with E-state index in [2.05, 4.69) is 105 Å². The van der Waals surface area contributed by atoms with Gasteiger partial charge < -0.3 is 13.9 Å². The number of pyridine rings is 2. The van der Waals surface area contributed by atoms with Crippen LogP contribution in [0.4, 0.5) is 11.4 Å². The Morgan fingerprint density at radius 3 is 2.46 bits per heavy atom.